The second-order valence-corrected chi connectivity index (χ2v) is 4.96. The quantitative estimate of drug-likeness (QED) is 0.502. The Morgan fingerprint density at radius 1 is 1.29 bits per heavy atom. The molecule has 1 heterocycles. The van der Waals surface area contributed by atoms with Crippen molar-refractivity contribution in [2.24, 2.45) is 5.73 Å². The first kappa shape index (κ1) is 15.1. The molecule has 1 atom stereocenters. The molecule has 21 heavy (non-hydrogen) atoms. The third kappa shape index (κ3) is 4.61. The summed E-state index contributed by atoms with van der Waals surface area (Å²) in [5, 5.41) is 9.39. The molecule has 1 aliphatic heterocycles. The predicted molar refractivity (Wildman–Crippen MR) is 80.0 cm³/mol. The maximum Gasteiger partial charge on any atom is 0.219 e. The van der Waals surface area contributed by atoms with Crippen LogP contribution in [0, 0.1) is 0 Å². The van der Waals surface area contributed by atoms with Crippen molar-refractivity contribution in [2.45, 2.75) is 25.0 Å². The number of amides is 1. The minimum Gasteiger partial charge on any atom is -0.370 e. The molecule has 0 bridgehead atoms. The molecule has 0 aromatic heterocycles. The van der Waals surface area contributed by atoms with Gasteiger partial charge in [-0.25, -0.2) is 0 Å². The molecule has 0 saturated heterocycles. The largest absolute Gasteiger partial charge is 0.370 e. The lowest BCUT2D eigenvalue weighted by Crippen LogP contribution is -2.36. The molecule has 0 aliphatic carbocycles. The van der Waals surface area contributed by atoms with E-state index in [1.54, 1.807) is 0 Å². The fourth-order valence-corrected chi connectivity index (χ4v) is 2.19. The Balaban J connectivity index is 1.78. The molecule has 6 nitrogen and oxygen atoms in total. The molecule has 2 rings (SSSR count). The number of nitrogens with one attached hydrogen (secondary N) is 3. The van der Waals surface area contributed by atoms with Crippen molar-refractivity contribution in [3.05, 3.63) is 47.8 Å². The normalized spacial score (nSPS) is 15.2. The molecule has 0 fully saturated rings. The summed E-state index contributed by atoms with van der Waals surface area (Å²) in [5.74, 6) is -0.478. The molecule has 0 spiro atoms. The van der Waals surface area contributed by atoms with E-state index in [1.165, 1.54) is 5.56 Å². The van der Waals surface area contributed by atoms with Crippen LogP contribution in [-0.4, -0.2) is 24.8 Å². The van der Waals surface area contributed by atoms with Crippen molar-refractivity contribution >= 4 is 12.2 Å². The van der Waals surface area contributed by atoms with Gasteiger partial charge in [0.2, 0.25) is 5.91 Å². The number of primary amides is 1. The van der Waals surface area contributed by atoms with Gasteiger partial charge < -0.3 is 26.5 Å². The van der Waals surface area contributed by atoms with Crippen LogP contribution in [-0.2, 0) is 16.0 Å². The van der Waals surface area contributed by atoms with Gasteiger partial charge in [-0.1, -0.05) is 24.3 Å². The minimum atomic E-state index is -0.500. The highest BCUT2D eigenvalue weighted by molar-refractivity contribution is 5.78. The van der Waals surface area contributed by atoms with Crippen LogP contribution in [0.2, 0.25) is 0 Å². The zero-order chi connectivity index (χ0) is 15.1. The number of aldehydes is 1. The van der Waals surface area contributed by atoms with E-state index in [4.69, 9.17) is 5.73 Å². The molecular formula is C15H20N4O2. The summed E-state index contributed by atoms with van der Waals surface area (Å²) in [5.41, 5.74) is 7.40. The van der Waals surface area contributed by atoms with Crippen LogP contribution >= 0.6 is 0 Å². The monoisotopic (exact) mass is 288 g/mol. The SMILES string of the molecule is NC(=O)CC(C=O)NCCc1ccc(C2NC=CN2)cc1. The van der Waals surface area contributed by atoms with Gasteiger partial charge in [0.1, 0.15) is 12.5 Å². The van der Waals surface area contributed by atoms with E-state index in [-0.39, 0.29) is 12.6 Å². The van der Waals surface area contributed by atoms with Crippen molar-refractivity contribution in [3.8, 4) is 0 Å². The summed E-state index contributed by atoms with van der Waals surface area (Å²) in [6.07, 6.45) is 5.42. The summed E-state index contributed by atoms with van der Waals surface area (Å²) in [6.45, 7) is 0.623. The number of carbonyl (C=O) groups is 2. The van der Waals surface area contributed by atoms with Crippen LogP contribution in [0.15, 0.2) is 36.7 Å². The highest BCUT2D eigenvalue weighted by Crippen LogP contribution is 2.14. The fourth-order valence-electron chi connectivity index (χ4n) is 2.19. The Hall–Kier alpha value is -2.34. The first-order valence-electron chi connectivity index (χ1n) is 6.92. The van der Waals surface area contributed by atoms with Gasteiger partial charge in [-0.15, -0.1) is 0 Å². The Morgan fingerprint density at radius 3 is 2.52 bits per heavy atom. The van der Waals surface area contributed by atoms with Crippen LogP contribution in [0.1, 0.15) is 23.7 Å². The molecule has 112 valence electrons. The van der Waals surface area contributed by atoms with Crippen LogP contribution in [0.25, 0.3) is 0 Å². The van der Waals surface area contributed by atoms with Gasteiger partial charge in [0.15, 0.2) is 0 Å². The number of hydrogen-bond acceptors (Lipinski definition) is 5. The van der Waals surface area contributed by atoms with Gasteiger partial charge in [0, 0.05) is 18.8 Å². The van der Waals surface area contributed by atoms with Gasteiger partial charge in [0.05, 0.1) is 6.04 Å². The predicted octanol–water partition coefficient (Wildman–Crippen LogP) is -0.0758. The maximum absolute atomic E-state index is 10.8. The second-order valence-electron chi connectivity index (χ2n) is 4.96. The van der Waals surface area contributed by atoms with Crippen molar-refractivity contribution in [1.29, 1.82) is 0 Å². The first-order chi connectivity index (χ1) is 10.2. The van der Waals surface area contributed by atoms with Crippen molar-refractivity contribution in [3.63, 3.8) is 0 Å². The molecule has 0 saturated carbocycles. The third-order valence-corrected chi connectivity index (χ3v) is 3.33. The van der Waals surface area contributed by atoms with Crippen LogP contribution < -0.4 is 21.7 Å². The Labute approximate surface area is 123 Å². The van der Waals surface area contributed by atoms with E-state index in [1.807, 2.05) is 12.4 Å². The average Bonchev–Trinajstić information content (AvgIpc) is 3.00. The summed E-state index contributed by atoms with van der Waals surface area (Å²) in [6, 6.07) is 7.74. The van der Waals surface area contributed by atoms with E-state index in [9.17, 15) is 9.59 Å². The zero-order valence-corrected chi connectivity index (χ0v) is 11.7. The van der Waals surface area contributed by atoms with Crippen molar-refractivity contribution in [2.75, 3.05) is 6.54 Å². The smallest absolute Gasteiger partial charge is 0.219 e. The maximum atomic E-state index is 10.8. The number of benzene rings is 1. The standard InChI is InChI=1S/C15H20N4O2/c16-14(21)9-13(10-20)17-6-5-11-1-3-12(4-2-11)15-18-7-8-19-15/h1-4,7-8,10,13,15,17-19H,5-6,9H2,(H2,16,21). The lowest BCUT2D eigenvalue weighted by atomic mass is 10.1. The summed E-state index contributed by atoms with van der Waals surface area (Å²) >= 11 is 0. The van der Waals surface area contributed by atoms with Gasteiger partial charge in [0.25, 0.3) is 0 Å². The molecule has 1 aromatic carbocycles. The highest BCUT2D eigenvalue weighted by Gasteiger charge is 2.11. The van der Waals surface area contributed by atoms with E-state index < -0.39 is 11.9 Å². The number of hydrogen-bond donors (Lipinski definition) is 4. The Kier molecular flexibility index (Phi) is 5.34. The van der Waals surface area contributed by atoms with E-state index in [0.29, 0.717) is 6.54 Å². The lowest BCUT2D eigenvalue weighted by molar-refractivity contribution is -0.120. The van der Waals surface area contributed by atoms with Gasteiger partial charge >= 0.3 is 0 Å². The Bertz CT molecular complexity index is 505. The molecule has 5 N–H and O–H groups in total. The topological polar surface area (TPSA) is 96.2 Å². The van der Waals surface area contributed by atoms with Gasteiger partial charge in [-0.2, -0.15) is 0 Å². The summed E-state index contributed by atoms with van der Waals surface area (Å²) in [4.78, 5) is 21.6. The van der Waals surface area contributed by atoms with E-state index in [2.05, 4.69) is 40.2 Å². The van der Waals surface area contributed by atoms with Gasteiger partial charge in [-0.3, -0.25) is 4.79 Å². The van der Waals surface area contributed by atoms with E-state index in [0.717, 1.165) is 18.3 Å². The lowest BCUT2D eigenvalue weighted by Gasteiger charge is -2.14. The minimum absolute atomic E-state index is 0.0362. The molecular weight excluding hydrogens is 268 g/mol. The molecule has 6 heteroatoms. The summed E-state index contributed by atoms with van der Waals surface area (Å²) < 4.78 is 0. The zero-order valence-electron chi connectivity index (χ0n) is 11.7. The average molecular weight is 288 g/mol. The first-order valence-corrected chi connectivity index (χ1v) is 6.92. The van der Waals surface area contributed by atoms with E-state index >= 15 is 0 Å². The Morgan fingerprint density at radius 2 is 1.95 bits per heavy atom. The third-order valence-electron chi connectivity index (χ3n) is 3.33. The number of rotatable bonds is 8. The number of carbonyl (C=O) groups excluding carboxylic acids is 2. The molecule has 1 amide bonds. The van der Waals surface area contributed by atoms with Crippen molar-refractivity contribution < 1.29 is 9.59 Å². The van der Waals surface area contributed by atoms with Crippen LogP contribution in [0.4, 0.5) is 0 Å². The number of nitrogens with two attached hydrogens (primary N) is 1. The fraction of sp³-hybridized carbons (Fsp3) is 0.333. The van der Waals surface area contributed by atoms with Crippen molar-refractivity contribution in [1.82, 2.24) is 16.0 Å². The molecule has 0 radical (unpaired) electrons. The van der Waals surface area contributed by atoms with Crippen LogP contribution in [0.3, 0.4) is 0 Å². The molecule has 1 unspecified atom stereocenters. The molecule has 1 aromatic rings. The second kappa shape index (κ2) is 7.44. The summed E-state index contributed by atoms with van der Waals surface area (Å²) in [7, 11) is 0. The van der Waals surface area contributed by atoms with Crippen LogP contribution in [0.5, 0.6) is 0 Å². The molecule has 1 aliphatic rings. The van der Waals surface area contributed by atoms with Gasteiger partial charge in [-0.05, 0) is 24.1 Å². The highest BCUT2D eigenvalue weighted by atomic mass is 16.1.